The zero-order valence-electron chi connectivity index (χ0n) is 16.6. The Morgan fingerprint density at radius 3 is 1.50 bits per heavy atom. The molecule has 0 aliphatic rings. The Labute approximate surface area is 159 Å². The Hall–Kier alpha value is -1.59. The van der Waals surface area contributed by atoms with Crippen LogP contribution in [0.1, 0.15) is 96.8 Å². The van der Waals surface area contributed by atoms with Gasteiger partial charge in [0, 0.05) is 6.42 Å². The molecule has 0 spiro atoms. The standard InChI is InChI=1S/C20H39N3O3/c1-2-3-4-5-6-7-8-9-10-11-12-13-14-15-19(25)23-17-20(26)22-16-18(21)24/h2-17H2,1H3,(H2,21,24)(H,22,26)(H,23,25). The number of hydrogen-bond acceptors (Lipinski definition) is 3. The Balaban J connectivity index is 3.28. The highest BCUT2D eigenvalue weighted by Crippen LogP contribution is 2.12. The van der Waals surface area contributed by atoms with Crippen LogP contribution in [0.5, 0.6) is 0 Å². The van der Waals surface area contributed by atoms with Gasteiger partial charge < -0.3 is 16.4 Å². The van der Waals surface area contributed by atoms with Crippen LogP contribution in [0.2, 0.25) is 0 Å². The van der Waals surface area contributed by atoms with Crippen molar-refractivity contribution in [3.63, 3.8) is 0 Å². The van der Waals surface area contributed by atoms with Crippen molar-refractivity contribution in [1.82, 2.24) is 10.6 Å². The van der Waals surface area contributed by atoms with Crippen LogP contribution in [0.3, 0.4) is 0 Å². The van der Waals surface area contributed by atoms with Gasteiger partial charge in [0.05, 0.1) is 13.1 Å². The molecule has 0 rings (SSSR count). The van der Waals surface area contributed by atoms with Gasteiger partial charge in [-0.3, -0.25) is 14.4 Å². The smallest absolute Gasteiger partial charge is 0.239 e. The minimum atomic E-state index is -0.600. The molecule has 0 atom stereocenters. The summed E-state index contributed by atoms with van der Waals surface area (Å²) in [6.07, 6.45) is 17.0. The lowest BCUT2D eigenvalue weighted by molar-refractivity contribution is -0.127. The summed E-state index contributed by atoms with van der Waals surface area (Å²) in [6.45, 7) is 1.94. The lowest BCUT2D eigenvalue weighted by Crippen LogP contribution is -2.40. The Morgan fingerprint density at radius 2 is 1.04 bits per heavy atom. The van der Waals surface area contributed by atoms with Crippen LogP contribution in [0.25, 0.3) is 0 Å². The average molecular weight is 370 g/mol. The summed E-state index contributed by atoms with van der Waals surface area (Å²) in [7, 11) is 0. The molecule has 26 heavy (non-hydrogen) atoms. The van der Waals surface area contributed by atoms with Gasteiger partial charge in [-0.25, -0.2) is 0 Å². The van der Waals surface area contributed by atoms with E-state index in [9.17, 15) is 14.4 Å². The van der Waals surface area contributed by atoms with Crippen LogP contribution < -0.4 is 16.4 Å². The average Bonchev–Trinajstić information content (AvgIpc) is 2.62. The molecule has 4 N–H and O–H groups in total. The minimum Gasteiger partial charge on any atom is -0.368 e. The van der Waals surface area contributed by atoms with Crippen molar-refractivity contribution in [2.24, 2.45) is 5.73 Å². The van der Waals surface area contributed by atoms with Gasteiger partial charge in [0.15, 0.2) is 0 Å². The van der Waals surface area contributed by atoms with E-state index in [0.29, 0.717) is 6.42 Å². The Bertz CT molecular complexity index is 386. The van der Waals surface area contributed by atoms with Gasteiger partial charge in [-0.1, -0.05) is 84.0 Å². The zero-order chi connectivity index (χ0) is 19.5. The predicted octanol–water partition coefficient (Wildman–Crippen LogP) is 3.19. The number of carbonyl (C=O) groups excluding carboxylic acids is 3. The molecule has 0 fully saturated rings. The third-order valence-electron chi connectivity index (χ3n) is 4.41. The molecular formula is C20H39N3O3. The van der Waals surface area contributed by atoms with Crippen molar-refractivity contribution < 1.29 is 14.4 Å². The Kier molecular flexibility index (Phi) is 17.1. The van der Waals surface area contributed by atoms with Gasteiger partial charge in [-0.2, -0.15) is 0 Å². The Morgan fingerprint density at radius 1 is 0.615 bits per heavy atom. The number of nitrogens with one attached hydrogen (secondary N) is 2. The van der Waals surface area contributed by atoms with Gasteiger partial charge in [0.2, 0.25) is 17.7 Å². The van der Waals surface area contributed by atoms with Gasteiger partial charge in [0.1, 0.15) is 0 Å². The molecule has 0 heterocycles. The summed E-state index contributed by atoms with van der Waals surface area (Å²) in [6, 6.07) is 0. The first kappa shape index (κ1) is 24.4. The number of amides is 3. The fraction of sp³-hybridized carbons (Fsp3) is 0.850. The first-order chi connectivity index (χ1) is 12.6. The van der Waals surface area contributed by atoms with Crippen LogP contribution in [0, 0.1) is 0 Å². The van der Waals surface area contributed by atoms with Crippen molar-refractivity contribution >= 4 is 17.7 Å². The molecule has 0 bridgehead atoms. The molecule has 152 valence electrons. The quantitative estimate of drug-likeness (QED) is 0.323. The number of rotatable bonds is 18. The monoisotopic (exact) mass is 369 g/mol. The van der Waals surface area contributed by atoms with Crippen LogP contribution in [-0.2, 0) is 14.4 Å². The summed E-state index contributed by atoms with van der Waals surface area (Å²) in [5, 5.41) is 4.87. The van der Waals surface area contributed by atoms with E-state index in [1.807, 2.05) is 0 Å². The second-order valence-electron chi connectivity index (χ2n) is 7.01. The zero-order valence-corrected chi connectivity index (χ0v) is 16.6. The van der Waals surface area contributed by atoms with E-state index in [1.54, 1.807) is 0 Å². The van der Waals surface area contributed by atoms with Gasteiger partial charge >= 0.3 is 0 Å². The number of hydrogen-bond donors (Lipinski definition) is 3. The lowest BCUT2D eigenvalue weighted by atomic mass is 10.0. The van der Waals surface area contributed by atoms with E-state index in [1.165, 1.54) is 70.6 Å². The summed E-state index contributed by atoms with van der Waals surface area (Å²) >= 11 is 0. The molecule has 0 aliphatic heterocycles. The van der Waals surface area contributed by atoms with E-state index < -0.39 is 11.8 Å². The molecule has 0 aromatic carbocycles. The minimum absolute atomic E-state index is 0.107. The largest absolute Gasteiger partial charge is 0.368 e. The van der Waals surface area contributed by atoms with Gasteiger partial charge in [-0.15, -0.1) is 0 Å². The van der Waals surface area contributed by atoms with Crippen LogP contribution in [0.4, 0.5) is 0 Å². The lowest BCUT2D eigenvalue weighted by Gasteiger charge is -2.06. The van der Waals surface area contributed by atoms with E-state index >= 15 is 0 Å². The molecule has 3 amide bonds. The van der Waals surface area contributed by atoms with Crippen molar-refractivity contribution in [3.8, 4) is 0 Å². The molecule has 6 heteroatoms. The first-order valence-electron chi connectivity index (χ1n) is 10.4. The van der Waals surface area contributed by atoms with E-state index in [2.05, 4.69) is 17.6 Å². The molecule has 6 nitrogen and oxygen atoms in total. The topological polar surface area (TPSA) is 101 Å². The van der Waals surface area contributed by atoms with Crippen LogP contribution >= 0.6 is 0 Å². The number of primary amides is 1. The number of unbranched alkanes of at least 4 members (excludes halogenated alkanes) is 12. The van der Waals surface area contributed by atoms with Crippen molar-refractivity contribution in [1.29, 1.82) is 0 Å². The van der Waals surface area contributed by atoms with Crippen LogP contribution in [-0.4, -0.2) is 30.8 Å². The maximum atomic E-state index is 11.6. The highest BCUT2D eigenvalue weighted by atomic mass is 16.2. The molecular weight excluding hydrogens is 330 g/mol. The molecule has 0 aliphatic carbocycles. The van der Waals surface area contributed by atoms with E-state index in [-0.39, 0.29) is 19.0 Å². The highest BCUT2D eigenvalue weighted by Gasteiger charge is 2.06. The molecule has 0 unspecified atom stereocenters. The number of nitrogens with two attached hydrogens (primary N) is 1. The maximum Gasteiger partial charge on any atom is 0.239 e. The number of carbonyl (C=O) groups is 3. The summed E-state index contributed by atoms with van der Waals surface area (Å²) in [5.74, 6) is -1.12. The van der Waals surface area contributed by atoms with Crippen molar-refractivity contribution in [2.75, 3.05) is 13.1 Å². The maximum absolute atomic E-state index is 11.6. The fourth-order valence-corrected chi connectivity index (χ4v) is 2.82. The fourth-order valence-electron chi connectivity index (χ4n) is 2.82. The molecule has 0 aromatic rings. The summed E-state index contributed by atoms with van der Waals surface area (Å²) < 4.78 is 0. The molecule has 0 radical (unpaired) electrons. The van der Waals surface area contributed by atoms with Crippen molar-refractivity contribution in [2.45, 2.75) is 96.8 Å². The first-order valence-corrected chi connectivity index (χ1v) is 10.4. The SMILES string of the molecule is CCCCCCCCCCCCCCCC(=O)NCC(=O)NCC(N)=O. The van der Waals surface area contributed by atoms with Crippen molar-refractivity contribution in [3.05, 3.63) is 0 Å². The summed E-state index contributed by atoms with van der Waals surface area (Å²) in [5.41, 5.74) is 4.92. The van der Waals surface area contributed by atoms with Gasteiger partial charge in [0.25, 0.3) is 0 Å². The van der Waals surface area contributed by atoms with Crippen LogP contribution in [0.15, 0.2) is 0 Å². The van der Waals surface area contributed by atoms with E-state index in [4.69, 9.17) is 5.73 Å². The third-order valence-corrected chi connectivity index (χ3v) is 4.41. The summed E-state index contributed by atoms with van der Waals surface area (Å²) in [4.78, 5) is 33.4. The van der Waals surface area contributed by atoms with Gasteiger partial charge in [-0.05, 0) is 6.42 Å². The molecule has 0 aromatic heterocycles. The second kappa shape index (κ2) is 18.2. The highest BCUT2D eigenvalue weighted by molar-refractivity contribution is 5.87. The predicted molar refractivity (Wildman–Crippen MR) is 106 cm³/mol. The third kappa shape index (κ3) is 18.7. The molecule has 0 saturated heterocycles. The van der Waals surface area contributed by atoms with E-state index in [0.717, 1.165) is 12.8 Å². The molecule has 0 saturated carbocycles. The normalized spacial score (nSPS) is 10.5. The second-order valence-corrected chi connectivity index (χ2v) is 7.01.